The second-order valence-corrected chi connectivity index (χ2v) is 13.4. The standard InChI is InChI=1S/C36H29BrCl2N2O6S/c1-4-44-30-16-21(6-13-28(30)46-19-23-9-12-25(38)18-26(23)39)17-31-34(42)41-33(32(35(43)45-5-2)20(3)40-36(41)48-31)29-15-14-27(47-29)22-7-10-24(37)11-8-22/h6-18,33H,4-5,19H2,1-3H3/b31-17-/t33-/m0/s1. The van der Waals surface area contributed by atoms with Gasteiger partial charge in [0, 0.05) is 25.6 Å². The molecule has 0 bridgehead atoms. The van der Waals surface area contributed by atoms with Crippen LogP contribution in [0.5, 0.6) is 11.5 Å². The van der Waals surface area contributed by atoms with Gasteiger partial charge in [-0.2, -0.15) is 0 Å². The van der Waals surface area contributed by atoms with Crippen molar-refractivity contribution < 1.29 is 23.4 Å². The summed E-state index contributed by atoms with van der Waals surface area (Å²) in [5.74, 6) is 1.49. The summed E-state index contributed by atoms with van der Waals surface area (Å²) in [5.41, 5.74) is 2.72. The normalized spacial score (nSPS) is 14.5. The molecule has 12 heteroatoms. The van der Waals surface area contributed by atoms with Crippen molar-refractivity contribution in [1.82, 2.24) is 4.57 Å². The van der Waals surface area contributed by atoms with Crippen LogP contribution in [0.1, 0.15) is 43.7 Å². The number of nitrogens with zero attached hydrogens (tertiary/aromatic N) is 2. The van der Waals surface area contributed by atoms with Crippen LogP contribution in [-0.4, -0.2) is 23.8 Å². The molecule has 3 heterocycles. The molecule has 1 atom stereocenters. The lowest BCUT2D eigenvalue weighted by Crippen LogP contribution is -2.39. The highest BCUT2D eigenvalue weighted by Gasteiger charge is 2.35. The molecule has 246 valence electrons. The van der Waals surface area contributed by atoms with E-state index >= 15 is 0 Å². The fourth-order valence-electron chi connectivity index (χ4n) is 5.28. The van der Waals surface area contributed by atoms with Gasteiger partial charge in [-0.1, -0.05) is 74.7 Å². The fourth-order valence-corrected chi connectivity index (χ4v) is 7.05. The summed E-state index contributed by atoms with van der Waals surface area (Å²) in [6, 6.07) is 21.1. The van der Waals surface area contributed by atoms with E-state index in [9.17, 15) is 9.59 Å². The van der Waals surface area contributed by atoms with Crippen LogP contribution in [0.4, 0.5) is 0 Å². The highest BCUT2D eigenvalue weighted by atomic mass is 79.9. The predicted molar refractivity (Wildman–Crippen MR) is 191 cm³/mol. The van der Waals surface area contributed by atoms with Crippen LogP contribution in [0, 0.1) is 0 Å². The monoisotopic (exact) mass is 766 g/mol. The lowest BCUT2D eigenvalue weighted by molar-refractivity contribution is -0.139. The van der Waals surface area contributed by atoms with Crippen molar-refractivity contribution in [3.63, 3.8) is 0 Å². The van der Waals surface area contributed by atoms with Crippen LogP contribution in [0.2, 0.25) is 10.0 Å². The quantitative estimate of drug-likeness (QED) is 0.134. The molecule has 0 N–H and O–H groups in total. The Bertz CT molecular complexity index is 2220. The van der Waals surface area contributed by atoms with Gasteiger partial charge in [0.15, 0.2) is 16.3 Å². The molecule has 0 spiro atoms. The third-order valence-electron chi connectivity index (χ3n) is 7.51. The highest BCUT2D eigenvalue weighted by molar-refractivity contribution is 9.10. The lowest BCUT2D eigenvalue weighted by Gasteiger charge is -2.22. The Hall–Kier alpha value is -4.09. The molecule has 0 unspecified atom stereocenters. The Morgan fingerprint density at radius 1 is 1.00 bits per heavy atom. The Morgan fingerprint density at radius 2 is 1.79 bits per heavy atom. The van der Waals surface area contributed by atoms with E-state index in [1.165, 1.54) is 15.9 Å². The van der Waals surface area contributed by atoms with Crippen LogP contribution >= 0.6 is 50.5 Å². The number of thiazole rings is 1. The minimum absolute atomic E-state index is 0.170. The van der Waals surface area contributed by atoms with Crippen LogP contribution in [0.15, 0.2) is 103 Å². The van der Waals surface area contributed by atoms with Crippen molar-refractivity contribution in [2.45, 2.75) is 33.4 Å². The molecule has 0 aliphatic carbocycles. The van der Waals surface area contributed by atoms with Crippen LogP contribution < -0.4 is 24.4 Å². The second-order valence-electron chi connectivity index (χ2n) is 10.7. The predicted octanol–water partition coefficient (Wildman–Crippen LogP) is 8.11. The lowest BCUT2D eigenvalue weighted by atomic mass is 10.0. The summed E-state index contributed by atoms with van der Waals surface area (Å²) >= 11 is 17.0. The Balaban J connectivity index is 1.39. The number of rotatable bonds is 10. The van der Waals surface area contributed by atoms with Gasteiger partial charge in [0.05, 0.1) is 29.0 Å². The molecule has 6 rings (SSSR count). The van der Waals surface area contributed by atoms with E-state index in [4.69, 9.17) is 41.8 Å². The number of carbonyl (C=O) groups is 1. The number of ether oxygens (including phenoxy) is 3. The molecule has 2 aromatic heterocycles. The zero-order chi connectivity index (χ0) is 33.9. The zero-order valence-corrected chi connectivity index (χ0v) is 30.0. The molecule has 0 saturated heterocycles. The van der Waals surface area contributed by atoms with Gasteiger partial charge in [0.1, 0.15) is 24.2 Å². The van der Waals surface area contributed by atoms with Gasteiger partial charge in [-0.3, -0.25) is 9.36 Å². The number of benzene rings is 3. The van der Waals surface area contributed by atoms with E-state index in [2.05, 4.69) is 20.9 Å². The zero-order valence-electron chi connectivity index (χ0n) is 26.1. The number of fused-ring (bicyclic) bond motifs is 1. The molecule has 5 aromatic rings. The van der Waals surface area contributed by atoms with Gasteiger partial charge < -0.3 is 18.6 Å². The summed E-state index contributed by atoms with van der Waals surface area (Å²) in [6.45, 7) is 6.14. The number of hydrogen-bond donors (Lipinski definition) is 0. The number of hydrogen-bond acceptors (Lipinski definition) is 8. The summed E-state index contributed by atoms with van der Waals surface area (Å²) < 4.78 is 26.5. The number of allylic oxidation sites excluding steroid dienone is 1. The number of carbonyl (C=O) groups excluding carboxylic acids is 1. The first-order valence-corrected chi connectivity index (χ1v) is 17.4. The van der Waals surface area contributed by atoms with Crippen molar-refractivity contribution in [1.29, 1.82) is 0 Å². The maximum atomic E-state index is 14.1. The molecule has 1 aliphatic rings. The maximum absolute atomic E-state index is 14.1. The molecule has 0 fully saturated rings. The van der Waals surface area contributed by atoms with Crippen molar-refractivity contribution in [3.8, 4) is 22.8 Å². The minimum Gasteiger partial charge on any atom is -0.490 e. The van der Waals surface area contributed by atoms with E-state index in [1.54, 1.807) is 44.2 Å². The summed E-state index contributed by atoms with van der Waals surface area (Å²) in [6.07, 6.45) is 1.77. The molecular formula is C36H29BrCl2N2O6S. The van der Waals surface area contributed by atoms with Crippen LogP contribution in [-0.2, 0) is 16.1 Å². The minimum atomic E-state index is -0.874. The molecule has 0 amide bonds. The van der Waals surface area contributed by atoms with E-state index < -0.39 is 12.0 Å². The number of halogens is 3. The maximum Gasteiger partial charge on any atom is 0.338 e. The molecular weight excluding hydrogens is 739 g/mol. The molecule has 3 aromatic carbocycles. The molecule has 0 radical (unpaired) electrons. The van der Waals surface area contributed by atoms with Crippen molar-refractivity contribution in [3.05, 3.63) is 135 Å². The average Bonchev–Trinajstić information content (AvgIpc) is 3.66. The van der Waals surface area contributed by atoms with Gasteiger partial charge in [0.2, 0.25) is 0 Å². The first-order valence-electron chi connectivity index (χ1n) is 15.1. The molecule has 0 saturated carbocycles. The van der Waals surface area contributed by atoms with E-state index in [1.807, 2.05) is 55.5 Å². The first-order chi connectivity index (χ1) is 23.2. The Labute approximate surface area is 298 Å². The number of furan rings is 1. The Kier molecular flexibility index (Phi) is 10.3. The van der Waals surface area contributed by atoms with Gasteiger partial charge in [-0.15, -0.1) is 0 Å². The van der Waals surface area contributed by atoms with Crippen molar-refractivity contribution >= 4 is 62.5 Å². The molecule has 1 aliphatic heterocycles. The number of aromatic nitrogens is 1. The average molecular weight is 769 g/mol. The largest absolute Gasteiger partial charge is 0.490 e. The van der Waals surface area contributed by atoms with E-state index in [-0.39, 0.29) is 24.3 Å². The van der Waals surface area contributed by atoms with E-state index in [0.29, 0.717) is 60.3 Å². The SMILES string of the molecule is CCOC(=O)C1=C(C)N=c2s/c(=C\c3ccc(OCc4ccc(Cl)cc4Cl)c(OCC)c3)c(=O)n2[C@H]1c1ccc(-c2ccc(Br)cc2)o1. The van der Waals surface area contributed by atoms with Crippen LogP contribution in [0.3, 0.4) is 0 Å². The van der Waals surface area contributed by atoms with E-state index in [0.717, 1.165) is 15.6 Å². The van der Waals surface area contributed by atoms with Crippen molar-refractivity contribution in [2.24, 2.45) is 4.99 Å². The Morgan fingerprint density at radius 3 is 2.52 bits per heavy atom. The van der Waals surface area contributed by atoms with Gasteiger partial charge >= 0.3 is 5.97 Å². The fraction of sp³-hybridized carbons (Fsp3) is 0.194. The summed E-state index contributed by atoms with van der Waals surface area (Å²) in [4.78, 5) is 32.5. The number of esters is 1. The summed E-state index contributed by atoms with van der Waals surface area (Å²) in [5, 5.41) is 1.05. The van der Waals surface area contributed by atoms with Gasteiger partial charge in [-0.05, 0) is 80.9 Å². The van der Waals surface area contributed by atoms with Gasteiger partial charge in [0.25, 0.3) is 5.56 Å². The van der Waals surface area contributed by atoms with Crippen LogP contribution in [0.25, 0.3) is 17.4 Å². The first kappa shape index (κ1) is 33.8. The summed E-state index contributed by atoms with van der Waals surface area (Å²) in [7, 11) is 0. The molecule has 8 nitrogen and oxygen atoms in total. The topological polar surface area (TPSA) is 92.3 Å². The third kappa shape index (κ3) is 7.03. The molecule has 48 heavy (non-hydrogen) atoms. The van der Waals surface area contributed by atoms with Crippen molar-refractivity contribution in [2.75, 3.05) is 13.2 Å². The van der Waals surface area contributed by atoms with Gasteiger partial charge in [-0.25, -0.2) is 9.79 Å². The highest BCUT2D eigenvalue weighted by Crippen LogP contribution is 2.35. The third-order valence-corrected chi connectivity index (χ3v) is 9.60. The smallest absolute Gasteiger partial charge is 0.338 e. The second kappa shape index (κ2) is 14.6.